The molecule has 0 amide bonds. The normalized spacial score (nSPS) is 10.6. The van der Waals surface area contributed by atoms with E-state index in [0.717, 1.165) is 17.7 Å². The highest BCUT2D eigenvalue weighted by Crippen LogP contribution is 2.17. The van der Waals surface area contributed by atoms with Crippen molar-refractivity contribution in [3.63, 3.8) is 0 Å². The topological polar surface area (TPSA) is 17.1 Å². The summed E-state index contributed by atoms with van der Waals surface area (Å²) in [7, 11) is 0. The smallest absolute Gasteiger partial charge is 0.172 e. The van der Waals surface area contributed by atoms with Crippen LogP contribution in [0.3, 0.4) is 0 Å². The van der Waals surface area contributed by atoms with E-state index in [4.69, 9.17) is 0 Å². The summed E-state index contributed by atoms with van der Waals surface area (Å²) < 4.78 is 0. The van der Waals surface area contributed by atoms with Gasteiger partial charge in [-0.05, 0) is 31.4 Å². The van der Waals surface area contributed by atoms with Crippen LogP contribution in [0.5, 0.6) is 0 Å². The number of aryl methyl sites for hydroxylation is 3. The van der Waals surface area contributed by atoms with Crippen molar-refractivity contribution >= 4 is 17.5 Å². The zero-order chi connectivity index (χ0) is 15.2. The lowest BCUT2D eigenvalue weighted by atomic mass is 10.1. The van der Waals surface area contributed by atoms with Crippen molar-refractivity contribution in [1.29, 1.82) is 0 Å². The molecule has 1 nitrogen and oxygen atoms in total. The Morgan fingerprint density at radius 3 is 2.14 bits per heavy atom. The predicted molar refractivity (Wildman–Crippen MR) is 92.2 cm³/mol. The molecule has 2 heteroatoms. The highest BCUT2D eigenvalue weighted by atomic mass is 32.2. The van der Waals surface area contributed by atoms with Crippen molar-refractivity contribution in [1.82, 2.24) is 0 Å². The Labute approximate surface area is 131 Å². The number of hydrogen-bond acceptors (Lipinski definition) is 2. The number of rotatable bonds is 6. The van der Waals surface area contributed by atoms with E-state index >= 15 is 0 Å². The zero-order valence-electron chi connectivity index (χ0n) is 13.0. The lowest BCUT2D eigenvalue weighted by Gasteiger charge is -2.05. The highest BCUT2D eigenvalue weighted by molar-refractivity contribution is 7.99. The second-order valence-corrected chi connectivity index (χ2v) is 6.45. The zero-order valence-corrected chi connectivity index (χ0v) is 13.8. The maximum atomic E-state index is 12.1. The monoisotopic (exact) mass is 298 g/mol. The van der Waals surface area contributed by atoms with Crippen LogP contribution in [0.1, 0.15) is 39.5 Å². The molecule has 0 fully saturated rings. The summed E-state index contributed by atoms with van der Waals surface area (Å²) in [4.78, 5) is 12.1. The van der Waals surface area contributed by atoms with Gasteiger partial charge >= 0.3 is 0 Å². The van der Waals surface area contributed by atoms with E-state index < -0.39 is 0 Å². The molecule has 2 aromatic carbocycles. The van der Waals surface area contributed by atoms with Crippen molar-refractivity contribution in [2.45, 2.75) is 32.9 Å². The molecule has 0 unspecified atom stereocenters. The van der Waals surface area contributed by atoms with E-state index in [9.17, 15) is 4.79 Å². The van der Waals surface area contributed by atoms with Crippen molar-refractivity contribution in [3.05, 3.63) is 70.3 Å². The number of thioether (sulfide) groups is 1. The minimum Gasteiger partial charge on any atom is -0.293 e. The number of hydrogen-bond donors (Lipinski definition) is 0. The summed E-state index contributed by atoms with van der Waals surface area (Å²) in [6.45, 7) is 6.35. The molecule has 2 rings (SSSR count). The largest absolute Gasteiger partial charge is 0.293 e. The molecule has 0 aliphatic rings. The van der Waals surface area contributed by atoms with Crippen LogP contribution in [0.2, 0.25) is 0 Å². The summed E-state index contributed by atoms with van der Waals surface area (Å²) in [5.41, 5.74) is 5.96. The molecule has 0 aliphatic heterocycles. The molecule has 0 aliphatic carbocycles. The van der Waals surface area contributed by atoms with Gasteiger partial charge in [-0.2, -0.15) is 0 Å². The Balaban J connectivity index is 1.88. The number of ketones is 1. The van der Waals surface area contributed by atoms with Gasteiger partial charge in [-0.3, -0.25) is 4.79 Å². The van der Waals surface area contributed by atoms with Gasteiger partial charge in [0, 0.05) is 11.3 Å². The number of carbonyl (C=O) groups excluding carboxylic acids is 1. The van der Waals surface area contributed by atoms with Gasteiger partial charge in [0.2, 0.25) is 0 Å². The first-order valence-corrected chi connectivity index (χ1v) is 8.51. The van der Waals surface area contributed by atoms with E-state index in [1.165, 1.54) is 22.3 Å². The molecule has 0 spiro atoms. The lowest BCUT2D eigenvalue weighted by molar-refractivity contribution is 0.102. The average molecular weight is 298 g/mol. The van der Waals surface area contributed by atoms with E-state index in [0.29, 0.717) is 5.75 Å². The number of carbonyl (C=O) groups is 1. The Kier molecular flexibility index (Phi) is 5.63. The Morgan fingerprint density at radius 2 is 1.57 bits per heavy atom. The van der Waals surface area contributed by atoms with Gasteiger partial charge in [0.15, 0.2) is 5.78 Å². The minimum absolute atomic E-state index is 0.215. The maximum Gasteiger partial charge on any atom is 0.172 e. The standard InChI is InChI=1S/C19H22OS/c1-4-16-5-7-18(8-6-16)19(20)13-21-12-17-10-14(2)9-15(3)11-17/h5-11H,4,12-13H2,1-3H3. The van der Waals surface area contributed by atoms with Gasteiger partial charge in [-0.25, -0.2) is 0 Å². The van der Waals surface area contributed by atoms with E-state index in [1.54, 1.807) is 11.8 Å². The third-order valence-corrected chi connectivity index (χ3v) is 4.47. The summed E-state index contributed by atoms with van der Waals surface area (Å²) in [6.07, 6.45) is 1.01. The van der Waals surface area contributed by atoms with Gasteiger partial charge in [0.1, 0.15) is 0 Å². The quantitative estimate of drug-likeness (QED) is 0.699. The number of Topliss-reactive ketones (excluding diaryl/α,β-unsaturated/α-hetero) is 1. The first kappa shape index (κ1) is 15.8. The van der Waals surface area contributed by atoms with Crippen molar-refractivity contribution in [2.75, 3.05) is 5.75 Å². The molecule has 0 saturated carbocycles. The van der Waals surface area contributed by atoms with Crippen molar-refractivity contribution < 1.29 is 4.79 Å². The molecule has 0 atom stereocenters. The second-order valence-electron chi connectivity index (χ2n) is 5.46. The second kappa shape index (κ2) is 7.46. The van der Waals surface area contributed by atoms with E-state index in [1.807, 2.05) is 24.3 Å². The van der Waals surface area contributed by atoms with Crippen LogP contribution in [0, 0.1) is 13.8 Å². The SMILES string of the molecule is CCc1ccc(C(=O)CSCc2cc(C)cc(C)c2)cc1. The molecular formula is C19H22OS. The Morgan fingerprint density at radius 1 is 0.952 bits per heavy atom. The summed E-state index contributed by atoms with van der Waals surface area (Å²) in [6, 6.07) is 14.5. The van der Waals surface area contributed by atoms with Crippen molar-refractivity contribution in [2.24, 2.45) is 0 Å². The number of benzene rings is 2. The first-order chi connectivity index (χ1) is 10.1. The van der Waals surface area contributed by atoms with Crippen molar-refractivity contribution in [3.8, 4) is 0 Å². The maximum absolute atomic E-state index is 12.1. The van der Waals surface area contributed by atoms with Crippen LogP contribution in [0.15, 0.2) is 42.5 Å². The summed E-state index contributed by atoms with van der Waals surface area (Å²) in [5.74, 6) is 1.65. The first-order valence-electron chi connectivity index (χ1n) is 7.35. The molecule has 110 valence electrons. The predicted octanol–water partition coefficient (Wildman–Crippen LogP) is 4.98. The van der Waals surface area contributed by atoms with Gasteiger partial charge in [0.05, 0.1) is 5.75 Å². The van der Waals surface area contributed by atoms with Crippen LogP contribution < -0.4 is 0 Å². The molecular weight excluding hydrogens is 276 g/mol. The molecule has 0 aromatic heterocycles. The fourth-order valence-corrected chi connectivity index (χ4v) is 3.28. The van der Waals surface area contributed by atoms with Gasteiger partial charge in [0.25, 0.3) is 0 Å². The van der Waals surface area contributed by atoms with Crippen LogP contribution in [-0.2, 0) is 12.2 Å². The summed E-state index contributed by atoms with van der Waals surface area (Å²) in [5, 5.41) is 0. The minimum atomic E-state index is 0.215. The van der Waals surface area contributed by atoms with Crippen LogP contribution in [-0.4, -0.2) is 11.5 Å². The fraction of sp³-hybridized carbons (Fsp3) is 0.316. The average Bonchev–Trinajstić information content (AvgIpc) is 2.46. The van der Waals surface area contributed by atoms with Crippen LogP contribution in [0.4, 0.5) is 0 Å². The molecule has 0 bridgehead atoms. The summed E-state index contributed by atoms with van der Waals surface area (Å²) >= 11 is 1.69. The lowest BCUT2D eigenvalue weighted by Crippen LogP contribution is -2.02. The third kappa shape index (κ3) is 4.75. The molecule has 0 radical (unpaired) electrons. The van der Waals surface area contributed by atoms with Crippen LogP contribution in [0.25, 0.3) is 0 Å². The van der Waals surface area contributed by atoms with Gasteiger partial charge in [-0.15, -0.1) is 11.8 Å². The molecule has 21 heavy (non-hydrogen) atoms. The molecule has 0 N–H and O–H groups in total. The molecule has 0 heterocycles. The molecule has 0 saturated heterocycles. The highest BCUT2D eigenvalue weighted by Gasteiger charge is 2.06. The Hall–Kier alpha value is -1.54. The van der Waals surface area contributed by atoms with Gasteiger partial charge in [-0.1, -0.05) is 60.5 Å². The van der Waals surface area contributed by atoms with Crippen LogP contribution >= 0.6 is 11.8 Å². The van der Waals surface area contributed by atoms with Gasteiger partial charge < -0.3 is 0 Å². The Bertz CT molecular complexity index is 594. The van der Waals surface area contributed by atoms with E-state index in [2.05, 4.69) is 39.0 Å². The van der Waals surface area contributed by atoms with E-state index in [-0.39, 0.29) is 5.78 Å². The fourth-order valence-electron chi connectivity index (χ4n) is 2.42. The third-order valence-electron chi connectivity index (χ3n) is 3.47. The molecule has 2 aromatic rings.